The molecule has 0 aromatic heterocycles. The molecular formula is C18H36N4O11. The Bertz CT molecular complexity index is 635. The van der Waals surface area contributed by atoms with Gasteiger partial charge in [-0.05, 0) is 0 Å². The van der Waals surface area contributed by atoms with E-state index in [0.29, 0.717) is 0 Å². The number of rotatable bonds is 6. The molecule has 15 heteroatoms. The maximum atomic E-state index is 10.7. The van der Waals surface area contributed by atoms with E-state index in [2.05, 4.69) is 0 Å². The van der Waals surface area contributed by atoms with E-state index >= 15 is 0 Å². The molecule has 1 saturated carbocycles. The lowest BCUT2D eigenvalue weighted by molar-refractivity contribution is -0.333. The summed E-state index contributed by atoms with van der Waals surface area (Å²) >= 11 is 0. The van der Waals surface area contributed by atoms with Gasteiger partial charge in [0.25, 0.3) is 0 Å². The Morgan fingerprint density at radius 2 is 1.45 bits per heavy atom. The molecule has 3 aliphatic rings. The van der Waals surface area contributed by atoms with Crippen LogP contribution in [-0.4, -0.2) is 134 Å². The molecule has 0 amide bonds. The summed E-state index contributed by atoms with van der Waals surface area (Å²) in [5.74, 6) is 0. The Morgan fingerprint density at radius 1 is 0.818 bits per heavy atom. The molecule has 2 aliphatic heterocycles. The fourth-order valence-electron chi connectivity index (χ4n) is 4.46. The number of aliphatic hydroxyl groups excluding tert-OH is 7. The van der Waals surface area contributed by atoms with Crippen molar-refractivity contribution in [2.24, 2.45) is 22.9 Å². The van der Waals surface area contributed by atoms with Crippen LogP contribution in [0.3, 0.4) is 0 Å². The van der Waals surface area contributed by atoms with Crippen LogP contribution in [0.25, 0.3) is 0 Å². The first-order chi connectivity index (χ1) is 15.4. The zero-order chi connectivity index (χ0) is 24.7. The second kappa shape index (κ2) is 10.6. The molecule has 3 fully saturated rings. The first-order valence-corrected chi connectivity index (χ1v) is 10.8. The fraction of sp³-hybridized carbons (Fsp3) is 1.00. The number of ether oxygens (including phenoxy) is 4. The molecule has 2 heterocycles. The van der Waals surface area contributed by atoms with Crippen LogP contribution in [-0.2, 0) is 18.9 Å². The van der Waals surface area contributed by atoms with E-state index in [1.807, 2.05) is 0 Å². The van der Waals surface area contributed by atoms with Gasteiger partial charge in [-0.3, -0.25) is 0 Å². The Hall–Kier alpha value is -0.600. The van der Waals surface area contributed by atoms with Crippen LogP contribution in [0.15, 0.2) is 0 Å². The molecule has 3 rings (SSSR count). The standard InChI is InChI=1S/C18H36N4O11/c19-3-7-11(26)13(28)14(29)16(30-7)32-15-5(20)1-18(22,2-6(15)24)33-17-12(27)9(21)10(25)8(4-23)31-17/h5-17,23-29H,1-4,19-22H2/t5-,6+,7+,8+,9-,10+,11-,12+,13+,14+,15?,16?,17?,18-/m0/s1. The van der Waals surface area contributed by atoms with Crippen LogP contribution in [0, 0.1) is 0 Å². The summed E-state index contributed by atoms with van der Waals surface area (Å²) in [5.41, 5.74) is 22.1. The maximum Gasteiger partial charge on any atom is 0.187 e. The zero-order valence-electron chi connectivity index (χ0n) is 17.9. The third kappa shape index (κ3) is 5.48. The highest BCUT2D eigenvalue weighted by atomic mass is 16.7. The fourth-order valence-corrected chi connectivity index (χ4v) is 4.46. The van der Waals surface area contributed by atoms with Gasteiger partial charge in [0.05, 0.1) is 18.8 Å². The predicted molar refractivity (Wildman–Crippen MR) is 108 cm³/mol. The Labute approximate surface area is 189 Å². The van der Waals surface area contributed by atoms with Crippen molar-refractivity contribution in [3.8, 4) is 0 Å². The molecular weight excluding hydrogens is 448 g/mol. The number of hydrogen-bond acceptors (Lipinski definition) is 15. The largest absolute Gasteiger partial charge is 0.394 e. The smallest absolute Gasteiger partial charge is 0.187 e. The molecule has 2 saturated heterocycles. The van der Waals surface area contributed by atoms with Gasteiger partial charge in [-0.25, -0.2) is 0 Å². The molecule has 0 bridgehead atoms. The van der Waals surface area contributed by atoms with Gasteiger partial charge in [-0.15, -0.1) is 0 Å². The minimum Gasteiger partial charge on any atom is -0.394 e. The minimum absolute atomic E-state index is 0.1000. The predicted octanol–water partition coefficient (Wildman–Crippen LogP) is -6.94. The van der Waals surface area contributed by atoms with Crippen molar-refractivity contribution in [1.82, 2.24) is 0 Å². The second-order valence-electron chi connectivity index (χ2n) is 8.96. The van der Waals surface area contributed by atoms with Crippen molar-refractivity contribution < 1.29 is 54.7 Å². The Morgan fingerprint density at radius 3 is 2.03 bits per heavy atom. The van der Waals surface area contributed by atoms with Crippen LogP contribution in [0.1, 0.15) is 12.8 Å². The molecule has 194 valence electrons. The van der Waals surface area contributed by atoms with Gasteiger partial charge in [-0.2, -0.15) is 0 Å². The third-order valence-electron chi connectivity index (χ3n) is 6.42. The normalized spacial score (nSPS) is 53.7. The average molecular weight is 485 g/mol. The number of nitrogens with two attached hydrogens (primary N) is 4. The summed E-state index contributed by atoms with van der Waals surface area (Å²) in [7, 11) is 0. The van der Waals surface area contributed by atoms with Crippen LogP contribution in [0.4, 0.5) is 0 Å². The van der Waals surface area contributed by atoms with E-state index in [0.717, 1.165) is 0 Å². The highest BCUT2D eigenvalue weighted by Gasteiger charge is 2.52. The van der Waals surface area contributed by atoms with Crippen LogP contribution in [0.2, 0.25) is 0 Å². The summed E-state index contributed by atoms with van der Waals surface area (Å²) in [5, 5.41) is 70.4. The quantitative estimate of drug-likeness (QED) is 0.156. The van der Waals surface area contributed by atoms with Gasteiger partial charge in [0.2, 0.25) is 0 Å². The molecule has 33 heavy (non-hydrogen) atoms. The third-order valence-corrected chi connectivity index (χ3v) is 6.42. The number of hydrogen-bond donors (Lipinski definition) is 11. The summed E-state index contributed by atoms with van der Waals surface area (Å²) in [4.78, 5) is 0. The average Bonchev–Trinajstić information content (AvgIpc) is 2.76. The van der Waals surface area contributed by atoms with Gasteiger partial charge >= 0.3 is 0 Å². The molecule has 0 aromatic rings. The van der Waals surface area contributed by atoms with Crippen LogP contribution < -0.4 is 22.9 Å². The van der Waals surface area contributed by atoms with E-state index in [1.165, 1.54) is 0 Å². The van der Waals surface area contributed by atoms with Crippen molar-refractivity contribution in [2.45, 2.75) is 98.2 Å². The lowest BCUT2D eigenvalue weighted by Gasteiger charge is -2.49. The zero-order valence-corrected chi connectivity index (χ0v) is 17.9. The molecule has 0 radical (unpaired) electrons. The Kier molecular flexibility index (Phi) is 8.65. The lowest BCUT2D eigenvalue weighted by atomic mass is 9.83. The monoisotopic (exact) mass is 484 g/mol. The van der Waals surface area contributed by atoms with E-state index in [9.17, 15) is 35.7 Å². The summed E-state index contributed by atoms with van der Waals surface area (Å²) in [6.45, 7) is -0.732. The van der Waals surface area contributed by atoms with Gasteiger partial charge < -0.3 is 77.6 Å². The first-order valence-electron chi connectivity index (χ1n) is 10.8. The highest BCUT2D eigenvalue weighted by molar-refractivity contribution is 5.00. The summed E-state index contributed by atoms with van der Waals surface area (Å²) in [6, 6.07) is -2.13. The SMILES string of the molecule is NC[C@H]1OC(OC2[C@H](O)C[C@@](N)(OC3O[C@H](CO)[C@@H](O)[C@H](N)[C@H]3O)C[C@@H]2N)[C@H](O)[C@H](O)[C@H]1O. The van der Waals surface area contributed by atoms with E-state index in [1.54, 1.807) is 0 Å². The van der Waals surface area contributed by atoms with E-state index in [-0.39, 0.29) is 19.4 Å². The van der Waals surface area contributed by atoms with Gasteiger partial charge in [0, 0.05) is 25.4 Å². The maximum absolute atomic E-state index is 10.7. The highest BCUT2D eigenvalue weighted by Crippen LogP contribution is 2.34. The van der Waals surface area contributed by atoms with Crippen molar-refractivity contribution in [2.75, 3.05) is 13.2 Å². The minimum atomic E-state index is -1.63. The van der Waals surface area contributed by atoms with Gasteiger partial charge in [-0.1, -0.05) is 0 Å². The second-order valence-corrected chi connectivity index (χ2v) is 8.96. The molecule has 15 nitrogen and oxygen atoms in total. The van der Waals surface area contributed by atoms with Crippen LogP contribution >= 0.6 is 0 Å². The molecule has 14 atom stereocenters. The molecule has 0 spiro atoms. The number of aliphatic hydroxyl groups is 7. The van der Waals surface area contributed by atoms with Gasteiger partial charge in [0.15, 0.2) is 12.6 Å². The lowest BCUT2D eigenvalue weighted by Crippen LogP contribution is -2.68. The molecule has 15 N–H and O–H groups in total. The van der Waals surface area contributed by atoms with E-state index in [4.69, 9.17) is 41.9 Å². The Balaban J connectivity index is 1.65. The molecule has 1 aliphatic carbocycles. The van der Waals surface area contributed by atoms with Crippen LogP contribution in [0.5, 0.6) is 0 Å². The van der Waals surface area contributed by atoms with Crippen molar-refractivity contribution in [3.63, 3.8) is 0 Å². The van der Waals surface area contributed by atoms with Crippen molar-refractivity contribution in [3.05, 3.63) is 0 Å². The van der Waals surface area contributed by atoms with Crippen molar-refractivity contribution in [1.29, 1.82) is 0 Å². The topological polar surface area (TPSA) is 283 Å². The molecule has 0 aromatic carbocycles. The van der Waals surface area contributed by atoms with Crippen molar-refractivity contribution >= 4 is 0 Å². The molecule has 3 unspecified atom stereocenters. The van der Waals surface area contributed by atoms with E-state index < -0.39 is 91.9 Å². The van der Waals surface area contributed by atoms with Gasteiger partial charge in [0.1, 0.15) is 54.6 Å². The summed E-state index contributed by atoms with van der Waals surface area (Å²) < 4.78 is 22.1. The first kappa shape index (κ1) is 27.0. The summed E-state index contributed by atoms with van der Waals surface area (Å²) in [6.07, 6.45) is -15.2.